The van der Waals surface area contributed by atoms with Crippen LogP contribution in [0.2, 0.25) is 6.32 Å². The van der Waals surface area contributed by atoms with Gasteiger partial charge in [-0.25, -0.2) is 4.98 Å². The molecule has 0 amide bonds. The second kappa shape index (κ2) is 8.23. The molecule has 0 aliphatic heterocycles. The van der Waals surface area contributed by atoms with E-state index >= 15 is 0 Å². The van der Waals surface area contributed by atoms with Crippen LogP contribution in [-0.4, -0.2) is 28.3 Å². The number of alkyl halides is 3. The van der Waals surface area contributed by atoms with Crippen molar-refractivity contribution in [1.29, 1.82) is 0 Å². The van der Waals surface area contributed by atoms with E-state index in [-0.39, 0.29) is 0 Å². The van der Waals surface area contributed by atoms with Crippen molar-refractivity contribution in [1.82, 2.24) is 4.98 Å². The van der Waals surface area contributed by atoms with Crippen LogP contribution >= 0.6 is 31.9 Å². The molecule has 1 aromatic rings. The van der Waals surface area contributed by atoms with Crippen molar-refractivity contribution in [3.63, 3.8) is 0 Å². The van der Waals surface area contributed by atoms with Crippen LogP contribution in [0.5, 0.6) is 0 Å². The molecule has 0 atom stereocenters. The lowest BCUT2D eigenvalue weighted by Crippen LogP contribution is -2.16. The van der Waals surface area contributed by atoms with Crippen molar-refractivity contribution in [2.24, 2.45) is 0 Å². The van der Waals surface area contributed by atoms with E-state index in [1.165, 1.54) is 11.1 Å². The highest BCUT2D eigenvalue weighted by atomic mass is 79.9. The number of pyridine rings is 1. The summed E-state index contributed by atoms with van der Waals surface area (Å²) in [5, 5.41) is 15.9. The fourth-order valence-electron chi connectivity index (χ4n) is 0.934. The van der Waals surface area contributed by atoms with Crippen LogP contribution in [-0.2, 0) is 0 Å². The van der Waals surface area contributed by atoms with Crippen LogP contribution in [0.3, 0.4) is 0 Å². The Morgan fingerprint density at radius 3 is 2.05 bits per heavy atom. The molecule has 9 heteroatoms. The van der Waals surface area contributed by atoms with E-state index < -0.39 is 26.0 Å². The Morgan fingerprint density at radius 2 is 1.74 bits per heavy atom. The molecule has 0 saturated heterocycles. The van der Waals surface area contributed by atoms with E-state index in [1.54, 1.807) is 6.20 Å². The van der Waals surface area contributed by atoms with Gasteiger partial charge in [-0.2, -0.15) is 13.2 Å². The highest BCUT2D eigenvalue weighted by molar-refractivity contribution is 9.11. The Labute approximate surface area is 126 Å². The topological polar surface area (TPSA) is 53.4 Å². The summed E-state index contributed by atoms with van der Waals surface area (Å²) >= 11 is 6.75. The molecular weight excluding hydrogens is 394 g/mol. The van der Waals surface area contributed by atoms with Crippen LogP contribution in [0.4, 0.5) is 13.2 Å². The highest BCUT2D eigenvalue weighted by Crippen LogP contribution is 2.23. The van der Waals surface area contributed by atoms with Crippen LogP contribution in [0.25, 0.3) is 0 Å². The number of hydrogen-bond donors (Lipinski definition) is 2. The first kappa shape index (κ1) is 18.9. The zero-order valence-corrected chi connectivity index (χ0v) is 13.5. The Bertz CT molecular complexity index is 389. The van der Waals surface area contributed by atoms with Gasteiger partial charge in [-0.3, -0.25) is 0 Å². The Morgan fingerprint density at radius 1 is 1.21 bits per heavy atom. The molecule has 0 aliphatic rings. The van der Waals surface area contributed by atoms with Crippen molar-refractivity contribution in [2.75, 3.05) is 0 Å². The molecule has 1 heterocycles. The molecule has 19 heavy (non-hydrogen) atoms. The summed E-state index contributed by atoms with van der Waals surface area (Å²) in [5.41, 5.74) is 2.43. The quantitative estimate of drug-likeness (QED) is 0.582. The van der Waals surface area contributed by atoms with Gasteiger partial charge in [0.1, 0.15) is 4.60 Å². The molecule has 0 fully saturated rings. The number of aromatic nitrogens is 1. The number of hydrogen-bond acceptors (Lipinski definition) is 3. The monoisotopic (exact) mass is 405 g/mol. The molecular formula is C10H13BBr2F3NO2. The standard InChI is InChI=1S/C7H7Br2N.C3H6BF3O2/c1-4-5(2)7(9)10-3-6(4)8;5-3(6,7)1-2-4(8)9/h3H,1-2H3;8-9H,1-2H2. The summed E-state index contributed by atoms with van der Waals surface area (Å²) < 4.78 is 35.6. The first-order valence-electron chi connectivity index (χ1n) is 5.24. The fourth-order valence-corrected chi connectivity index (χ4v) is 1.73. The molecule has 108 valence electrons. The predicted molar refractivity (Wildman–Crippen MR) is 74.8 cm³/mol. The van der Waals surface area contributed by atoms with E-state index in [1.807, 2.05) is 6.92 Å². The van der Waals surface area contributed by atoms with Gasteiger partial charge < -0.3 is 10.0 Å². The molecule has 0 aliphatic carbocycles. The summed E-state index contributed by atoms with van der Waals surface area (Å²) in [5.74, 6) is 0. The minimum Gasteiger partial charge on any atom is -0.427 e. The fraction of sp³-hybridized carbons (Fsp3) is 0.500. The second-order valence-electron chi connectivity index (χ2n) is 3.78. The maximum absolute atomic E-state index is 11.2. The van der Waals surface area contributed by atoms with Crippen LogP contribution in [0.15, 0.2) is 15.3 Å². The average Bonchev–Trinajstić information content (AvgIpc) is 2.29. The van der Waals surface area contributed by atoms with E-state index in [0.717, 1.165) is 9.08 Å². The highest BCUT2D eigenvalue weighted by Gasteiger charge is 2.28. The van der Waals surface area contributed by atoms with Gasteiger partial charge in [-0.15, -0.1) is 0 Å². The van der Waals surface area contributed by atoms with Crippen molar-refractivity contribution >= 4 is 39.0 Å². The Balaban J connectivity index is 0.000000344. The van der Waals surface area contributed by atoms with E-state index in [0.29, 0.717) is 0 Å². The van der Waals surface area contributed by atoms with Crippen molar-refractivity contribution < 1.29 is 23.2 Å². The lowest BCUT2D eigenvalue weighted by molar-refractivity contribution is -0.131. The molecule has 0 bridgehead atoms. The van der Waals surface area contributed by atoms with Gasteiger partial charge in [0.15, 0.2) is 0 Å². The summed E-state index contributed by atoms with van der Waals surface area (Å²) in [6, 6.07) is 0. The molecule has 0 saturated carbocycles. The maximum Gasteiger partial charge on any atom is 0.451 e. The van der Waals surface area contributed by atoms with Gasteiger partial charge in [0.2, 0.25) is 0 Å². The minimum absolute atomic E-state index is 0.649. The smallest absolute Gasteiger partial charge is 0.427 e. The third-order valence-corrected chi connectivity index (χ3v) is 3.81. The van der Waals surface area contributed by atoms with Gasteiger partial charge >= 0.3 is 13.3 Å². The van der Waals surface area contributed by atoms with Gasteiger partial charge in [-0.05, 0) is 63.2 Å². The predicted octanol–water partition coefficient (Wildman–Crippen LogP) is 3.64. The molecule has 0 unspecified atom stereocenters. The van der Waals surface area contributed by atoms with Crippen LogP contribution < -0.4 is 0 Å². The van der Waals surface area contributed by atoms with Crippen LogP contribution in [0, 0.1) is 13.8 Å². The van der Waals surface area contributed by atoms with Gasteiger partial charge in [0.05, 0.1) is 0 Å². The summed E-state index contributed by atoms with van der Waals surface area (Å²) in [7, 11) is -1.85. The summed E-state index contributed by atoms with van der Waals surface area (Å²) in [4.78, 5) is 4.11. The molecule has 3 nitrogen and oxygen atoms in total. The van der Waals surface area contributed by atoms with E-state index in [4.69, 9.17) is 10.0 Å². The Hall–Kier alpha value is -0.115. The van der Waals surface area contributed by atoms with E-state index in [9.17, 15) is 13.2 Å². The van der Waals surface area contributed by atoms with Crippen LogP contribution in [0.1, 0.15) is 17.5 Å². The van der Waals surface area contributed by atoms with Gasteiger partial charge in [0.25, 0.3) is 0 Å². The maximum atomic E-state index is 11.2. The van der Waals surface area contributed by atoms with E-state index in [2.05, 4.69) is 43.8 Å². The number of rotatable bonds is 2. The molecule has 0 radical (unpaired) electrons. The largest absolute Gasteiger partial charge is 0.451 e. The minimum atomic E-state index is -4.29. The zero-order chi connectivity index (χ0) is 15.2. The lowest BCUT2D eigenvalue weighted by atomic mass is 9.84. The molecule has 0 spiro atoms. The zero-order valence-electron chi connectivity index (χ0n) is 10.3. The van der Waals surface area contributed by atoms with Gasteiger partial charge in [0, 0.05) is 17.1 Å². The third-order valence-electron chi connectivity index (χ3n) is 2.21. The Kier molecular flexibility index (Phi) is 8.18. The SMILES string of the molecule is Cc1c(Br)cnc(Br)c1C.OB(O)CCC(F)(F)F. The molecule has 2 N–H and O–H groups in total. The third kappa shape index (κ3) is 8.62. The molecule has 1 rings (SSSR count). The first-order valence-corrected chi connectivity index (χ1v) is 6.83. The normalized spacial score (nSPS) is 10.8. The second-order valence-corrected chi connectivity index (χ2v) is 5.39. The van der Waals surface area contributed by atoms with Crippen molar-refractivity contribution in [2.45, 2.75) is 32.8 Å². The first-order chi connectivity index (χ1) is 8.54. The van der Waals surface area contributed by atoms with Gasteiger partial charge in [-0.1, -0.05) is 0 Å². The van der Waals surface area contributed by atoms with Crippen molar-refractivity contribution in [3.8, 4) is 0 Å². The molecule has 1 aromatic heterocycles. The number of halogens is 5. The number of nitrogens with zero attached hydrogens (tertiary/aromatic N) is 1. The lowest BCUT2D eigenvalue weighted by Gasteiger charge is -2.03. The summed E-state index contributed by atoms with van der Waals surface area (Å²) in [6.07, 6.45) is -4.29. The average molecular weight is 407 g/mol. The molecule has 0 aromatic carbocycles. The summed E-state index contributed by atoms with van der Waals surface area (Å²) in [6.45, 7) is 4.10. The van der Waals surface area contributed by atoms with Crippen molar-refractivity contribution in [3.05, 3.63) is 26.4 Å².